The van der Waals surface area contributed by atoms with Gasteiger partial charge in [-0.25, -0.2) is 0 Å². The number of nitrogens with zero attached hydrogens (tertiary/aromatic N) is 2. The molecule has 1 heterocycles. The zero-order valence-corrected chi connectivity index (χ0v) is 17.0. The van der Waals surface area contributed by atoms with E-state index in [0.717, 1.165) is 10.3 Å². The maximum Gasteiger partial charge on any atom is 0.316 e. The van der Waals surface area contributed by atoms with Crippen molar-refractivity contribution in [2.45, 2.75) is 16.2 Å². The number of benzene rings is 2. The topological polar surface area (TPSA) is 81.2 Å². The molecular formula is C18H17N3O3S3. The van der Waals surface area contributed by atoms with E-state index in [1.54, 1.807) is 6.92 Å². The first-order chi connectivity index (χ1) is 13.1. The van der Waals surface area contributed by atoms with Gasteiger partial charge in [0.05, 0.1) is 18.1 Å². The summed E-state index contributed by atoms with van der Waals surface area (Å²) < 4.78 is 5.47. The number of fused-ring (bicyclic) bond motifs is 1. The lowest BCUT2D eigenvalue weighted by Crippen LogP contribution is -2.13. The second kappa shape index (κ2) is 9.72. The molecule has 0 fully saturated rings. The third-order valence-corrected chi connectivity index (χ3v) is 6.30. The zero-order chi connectivity index (χ0) is 19.1. The predicted molar refractivity (Wildman–Crippen MR) is 111 cm³/mol. The van der Waals surface area contributed by atoms with E-state index in [0.29, 0.717) is 16.1 Å². The second-order valence-corrected chi connectivity index (χ2v) is 8.56. The van der Waals surface area contributed by atoms with Gasteiger partial charge in [-0.2, -0.15) is 0 Å². The summed E-state index contributed by atoms with van der Waals surface area (Å²) in [4.78, 5) is 24.5. The van der Waals surface area contributed by atoms with Gasteiger partial charge in [0.25, 0.3) is 0 Å². The van der Waals surface area contributed by atoms with Crippen LogP contribution in [0.2, 0.25) is 0 Å². The van der Waals surface area contributed by atoms with Crippen LogP contribution in [-0.4, -0.2) is 40.2 Å². The smallest absolute Gasteiger partial charge is 0.316 e. The number of hydrogen-bond donors (Lipinski definition) is 1. The Labute approximate surface area is 169 Å². The summed E-state index contributed by atoms with van der Waals surface area (Å²) in [7, 11) is 0. The molecule has 0 spiro atoms. The van der Waals surface area contributed by atoms with Crippen molar-refractivity contribution in [1.82, 2.24) is 10.2 Å². The van der Waals surface area contributed by atoms with E-state index in [1.165, 1.54) is 40.2 Å². The summed E-state index contributed by atoms with van der Waals surface area (Å²) >= 11 is 3.95. The van der Waals surface area contributed by atoms with Crippen LogP contribution in [0.25, 0.3) is 10.8 Å². The summed E-state index contributed by atoms with van der Waals surface area (Å²) in [6, 6.07) is 14.2. The molecule has 0 atom stereocenters. The average molecular weight is 420 g/mol. The minimum atomic E-state index is -0.296. The van der Waals surface area contributed by atoms with Crippen molar-refractivity contribution >= 4 is 62.6 Å². The normalized spacial score (nSPS) is 10.7. The number of ether oxygens (including phenoxy) is 1. The Hall–Kier alpha value is -2.10. The highest BCUT2D eigenvalue weighted by molar-refractivity contribution is 8.01. The van der Waals surface area contributed by atoms with Crippen molar-refractivity contribution in [2.75, 3.05) is 23.4 Å². The fourth-order valence-corrected chi connectivity index (χ4v) is 4.51. The summed E-state index contributed by atoms with van der Waals surface area (Å²) in [5.41, 5.74) is 0. The molecule has 140 valence electrons. The molecule has 27 heavy (non-hydrogen) atoms. The van der Waals surface area contributed by atoms with Crippen LogP contribution in [0.15, 0.2) is 51.7 Å². The van der Waals surface area contributed by atoms with Crippen LogP contribution < -0.4 is 5.32 Å². The molecule has 3 rings (SSSR count). The SMILES string of the molecule is CCOC(=O)CSc1nnc(NC(=O)CSc2ccc3ccccc3c2)s1. The molecule has 3 aromatic rings. The van der Waals surface area contributed by atoms with Crippen LogP contribution in [0.5, 0.6) is 0 Å². The van der Waals surface area contributed by atoms with Crippen LogP contribution in [0.1, 0.15) is 6.92 Å². The largest absolute Gasteiger partial charge is 0.465 e. The van der Waals surface area contributed by atoms with Gasteiger partial charge in [-0.3, -0.25) is 14.9 Å². The number of hydrogen-bond acceptors (Lipinski definition) is 8. The van der Waals surface area contributed by atoms with Crippen molar-refractivity contribution < 1.29 is 14.3 Å². The molecule has 0 saturated heterocycles. The van der Waals surface area contributed by atoms with E-state index in [4.69, 9.17) is 4.74 Å². The molecule has 1 aromatic heterocycles. The van der Waals surface area contributed by atoms with Crippen LogP contribution in [0.3, 0.4) is 0 Å². The summed E-state index contributed by atoms with van der Waals surface area (Å²) in [5, 5.41) is 13.4. The Kier molecular flexibility index (Phi) is 7.08. The molecule has 0 unspecified atom stereocenters. The third-order valence-electron chi connectivity index (χ3n) is 3.36. The molecule has 1 amide bonds. The first-order valence-electron chi connectivity index (χ1n) is 8.17. The lowest BCUT2D eigenvalue weighted by molar-refractivity contribution is -0.139. The van der Waals surface area contributed by atoms with E-state index in [2.05, 4.69) is 33.7 Å². The Bertz CT molecular complexity index is 946. The van der Waals surface area contributed by atoms with Gasteiger partial charge in [0.2, 0.25) is 11.0 Å². The van der Waals surface area contributed by atoms with Crippen molar-refractivity contribution in [2.24, 2.45) is 0 Å². The number of carbonyl (C=O) groups is 2. The van der Waals surface area contributed by atoms with Crippen LogP contribution >= 0.6 is 34.9 Å². The minimum Gasteiger partial charge on any atom is -0.465 e. The fourth-order valence-electron chi connectivity index (χ4n) is 2.20. The van der Waals surface area contributed by atoms with Gasteiger partial charge in [0.15, 0.2) is 4.34 Å². The first kappa shape index (κ1) is 19.7. The van der Waals surface area contributed by atoms with E-state index >= 15 is 0 Å². The minimum absolute atomic E-state index is 0.147. The lowest BCUT2D eigenvalue weighted by Gasteiger charge is -2.04. The van der Waals surface area contributed by atoms with Crippen LogP contribution in [0, 0.1) is 0 Å². The molecule has 6 nitrogen and oxygen atoms in total. The summed E-state index contributed by atoms with van der Waals surface area (Å²) in [6.07, 6.45) is 0. The highest BCUT2D eigenvalue weighted by Gasteiger charge is 2.11. The van der Waals surface area contributed by atoms with Gasteiger partial charge in [-0.05, 0) is 29.8 Å². The second-order valence-electron chi connectivity index (χ2n) is 5.31. The van der Waals surface area contributed by atoms with Gasteiger partial charge in [-0.15, -0.1) is 22.0 Å². The van der Waals surface area contributed by atoms with Gasteiger partial charge < -0.3 is 4.74 Å². The lowest BCUT2D eigenvalue weighted by atomic mass is 10.1. The quantitative estimate of drug-likeness (QED) is 0.335. The maximum absolute atomic E-state index is 12.1. The highest BCUT2D eigenvalue weighted by atomic mass is 32.2. The first-order valence-corrected chi connectivity index (χ1v) is 11.0. The van der Waals surface area contributed by atoms with E-state index < -0.39 is 0 Å². The van der Waals surface area contributed by atoms with Gasteiger partial charge in [0.1, 0.15) is 0 Å². The molecular weight excluding hydrogens is 402 g/mol. The Morgan fingerprint density at radius 1 is 1.07 bits per heavy atom. The van der Waals surface area contributed by atoms with Gasteiger partial charge >= 0.3 is 5.97 Å². The highest BCUT2D eigenvalue weighted by Crippen LogP contribution is 2.27. The van der Waals surface area contributed by atoms with Crippen LogP contribution in [-0.2, 0) is 14.3 Å². The Morgan fingerprint density at radius 2 is 1.89 bits per heavy atom. The fraction of sp³-hybridized carbons (Fsp3) is 0.222. The van der Waals surface area contributed by atoms with Crippen molar-refractivity contribution in [3.05, 3.63) is 42.5 Å². The third kappa shape index (κ3) is 5.95. The van der Waals surface area contributed by atoms with Crippen LogP contribution in [0.4, 0.5) is 5.13 Å². The molecule has 9 heteroatoms. The summed E-state index contributed by atoms with van der Waals surface area (Å²) in [6.45, 7) is 2.11. The van der Waals surface area contributed by atoms with Crippen molar-refractivity contribution in [1.29, 1.82) is 0 Å². The number of carbonyl (C=O) groups excluding carboxylic acids is 2. The van der Waals surface area contributed by atoms with Crippen molar-refractivity contribution in [3.63, 3.8) is 0 Å². The molecule has 0 bridgehead atoms. The number of nitrogens with one attached hydrogen (secondary N) is 1. The standard InChI is InChI=1S/C18H17N3O3S3/c1-2-24-16(23)11-26-18-21-20-17(27-18)19-15(22)10-25-14-8-7-12-5-3-4-6-13(12)9-14/h3-9H,2,10-11H2,1H3,(H,19,20,22). The monoisotopic (exact) mass is 419 g/mol. The van der Waals surface area contributed by atoms with Gasteiger partial charge in [-0.1, -0.05) is 53.4 Å². The van der Waals surface area contributed by atoms with Crippen molar-refractivity contribution in [3.8, 4) is 0 Å². The van der Waals surface area contributed by atoms with Gasteiger partial charge in [0, 0.05) is 4.90 Å². The maximum atomic E-state index is 12.1. The molecule has 0 radical (unpaired) electrons. The number of esters is 1. The van der Waals surface area contributed by atoms with E-state index in [-0.39, 0.29) is 23.4 Å². The number of anilines is 1. The van der Waals surface area contributed by atoms with E-state index in [9.17, 15) is 9.59 Å². The molecule has 2 aromatic carbocycles. The summed E-state index contributed by atoms with van der Waals surface area (Å²) in [5.74, 6) is 0.0126. The van der Waals surface area contributed by atoms with E-state index in [1.807, 2.05) is 24.3 Å². The molecule has 0 aliphatic rings. The molecule has 0 aliphatic carbocycles. The predicted octanol–water partition coefficient (Wildman–Crippen LogP) is 4.08. The Morgan fingerprint density at radius 3 is 2.70 bits per heavy atom. The molecule has 1 N–H and O–H groups in total. The number of aromatic nitrogens is 2. The number of rotatable bonds is 8. The zero-order valence-electron chi connectivity index (χ0n) is 14.5. The molecule has 0 saturated carbocycles. The average Bonchev–Trinajstić information content (AvgIpc) is 3.12. The number of amides is 1. The molecule has 0 aliphatic heterocycles. The Balaban J connectivity index is 1.48. The number of thioether (sulfide) groups is 2.